The summed E-state index contributed by atoms with van der Waals surface area (Å²) in [4.78, 5) is 0. The van der Waals surface area contributed by atoms with Crippen molar-refractivity contribution < 1.29 is 9.47 Å². The molecule has 2 unspecified atom stereocenters. The number of aryl methyl sites for hydroxylation is 4. The number of nitrogens with one attached hydrogen (secondary N) is 4. The number of unbranched alkanes of at least 4 members (excludes halogenated alkanes) is 9. The van der Waals surface area contributed by atoms with Gasteiger partial charge >= 0.3 is 0 Å². The highest BCUT2D eigenvalue weighted by atomic mass is 16.5. The van der Waals surface area contributed by atoms with Crippen LogP contribution in [0.2, 0.25) is 0 Å². The van der Waals surface area contributed by atoms with Crippen molar-refractivity contribution in [3.8, 4) is 0 Å². The van der Waals surface area contributed by atoms with Gasteiger partial charge in [-0.1, -0.05) is 134 Å². The van der Waals surface area contributed by atoms with Gasteiger partial charge in [0.15, 0.2) is 11.4 Å². The van der Waals surface area contributed by atoms with Crippen LogP contribution in [0.15, 0.2) is 145 Å². The molecule has 306 valence electrons. The lowest BCUT2D eigenvalue weighted by molar-refractivity contribution is 0.0114. The molecule has 6 heteroatoms. The zero-order chi connectivity index (χ0) is 40.5. The molecule has 0 aliphatic heterocycles. The number of hydrogen-bond acceptors (Lipinski definition) is 6. The number of ether oxygens (including phenoxy) is 2. The van der Waals surface area contributed by atoms with Crippen LogP contribution in [0.1, 0.15) is 99.3 Å². The zero-order valence-corrected chi connectivity index (χ0v) is 35.4. The molecule has 0 spiro atoms. The molecule has 58 heavy (non-hydrogen) atoms. The highest BCUT2D eigenvalue weighted by molar-refractivity contribution is 5.56. The average Bonchev–Trinajstić information content (AvgIpc) is 3.23. The number of allylic oxidation sites excluding steroid dienone is 2. The van der Waals surface area contributed by atoms with E-state index in [0.717, 1.165) is 73.0 Å². The molecule has 0 radical (unpaired) electrons. The normalized spacial score (nSPS) is 18.7. The highest BCUT2D eigenvalue weighted by Crippen LogP contribution is 2.31. The Bertz CT molecular complexity index is 1820. The minimum absolute atomic E-state index is 0.552. The Morgan fingerprint density at radius 1 is 0.397 bits per heavy atom. The fraction of sp³-hybridized carbons (Fsp3) is 0.385. The maximum absolute atomic E-state index is 6.63. The summed E-state index contributed by atoms with van der Waals surface area (Å²) in [6.07, 6.45) is 26.9. The van der Waals surface area contributed by atoms with Crippen LogP contribution in [0.25, 0.3) is 0 Å². The van der Waals surface area contributed by atoms with Crippen molar-refractivity contribution in [2.45, 2.75) is 116 Å². The highest BCUT2D eigenvalue weighted by Gasteiger charge is 2.30. The maximum atomic E-state index is 6.63. The quantitative estimate of drug-likeness (QED) is 0.0444. The van der Waals surface area contributed by atoms with Crippen LogP contribution in [0, 0.1) is 27.7 Å². The largest absolute Gasteiger partial charge is 0.356 e. The third-order valence-corrected chi connectivity index (χ3v) is 11.1. The van der Waals surface area contributed by atoms with Gasteiger partial charge in [-0.3, -0.25) is 0 Å². The van der Waals surface area contributed by atoms with Gasteiger partial charge in [0.05, 0.1) is 0 Å². The van der Waals surface area contributed by atoms with E-state index in [-0.39, 0.29) is 0 Å². The van der Waals surface area contributed by atoms with Crippen LogP contribution in [0.4, 0.5) is 22.7 Å². The fourth-order valence-electron chi connectivity index (χ4n) is 7.40. The van der Waals surface area contributed by atoms with Gasteiger partial charge in [0, 0.05) is 60.2 Å². The minimum Gasteiger partial charge on any atom is -0.356 e. The van der Waals surface area contributed by atoms with E-state index in [1.807, 2.05) is 0 Å². The van der Waals surface area contributed by atoms with Crippen molar-refractivity contribution in [2.75, 3.05) is 34.5 Å². The van der Waals surface area contributed by atoms with Gasteiger partial charge in [0.2, 0.25) is 0 Å². The minimum atomic E-state index is -0.552. The molecule has 0 bridgehead atoms. The van der Waals surface area contributed by atoms with E-state index in [4.69, 9.17) is 9.47 Å². The summed E-state index contributed by atoms with van der Waals surface area (Å²) >= 11 is 0. The van der Waals surface area contributed by atoms with Gasteiger partial charge in [0.1, 0.15) is 0 Å². The Morgan fingerprint density at radius 3 is 0.983 bits per heavy atom. The Kier molecular flexibility index (Phi) is 15.9. The van der Waals surface area contributed by atoms with Gasteiger partial charge in [0.25, 0.3) is 0 Å². The first-order valence-electron chi connectivity index (χ1n) is 21.7. The first kappa shape index (κ1) is 42.6. The van der Waals surface area contributed by atoms with Crippen LogP contribution in [0.5, 0.6) is 0 Å². The number of anilines is 4. The van der Waals surface area contributed by atoms with Crippen molar-refractivity contribution in [3.05, 3.63) is 167 Å². The molecule has 0 fully saturated rings. The first-order chi connectivity index (χ1) is 28.3. The first-order valence-corrected chi connectivity index (χ1v) is 21.7. The van der Waals surface area contributed by atoms with Crippen LogP contribution < -0.4 is 21.3 Å². The summed E-state index contributed by atoms with van der Waals surface area (Å²) in [5.41, 5.74) is 10.5. The third kappa shape index (κ3) is 13.8. The topological polar surface area (TPSA) is 66.6 Å². The summed E-state index contributed by atoms with van der Waals surface area (Å²) in [6, 6.07) is 34.2. The Morgan fingerprint density at radius 2 is 0.690 bits per heavy atom. The van der Waals surface area contributed by atoms with E-state index in [9.17, 15) is 0 Å². The second-order valence-electron chi connectivity index (χ2n) is 16.4. The van der Waals surface area contributed by atoms with Crippen molar-refractivity contribution in [3.63, 3.8) is 0 Å². The molecule has 2 atom stereocenters. The summed E-state index contributed by atoms with van der Waals surface area (Å²) in [7, 11) is 0. The van der Waals surface area contributed by atoms with E-state index in [1.54, 1.807) is 0 Å². The van der Waals surface area contributed by atoms with E-state index < -0.39 is 11.4 Å². The van der Waals surface area contributed by atoms with Gasteiger partial charge in [-0.05, 0) is 113 Å². The summed E-state index contributed by atoms with van der Waals surface area (Å²) in [6.45, 7) is 9.94. The van der Waals surface area contributed by atoms with Crippen molar-refractivity contribution in [1.29, 1.82) is 0 Å². The monoisotopic (exact) mass is 779 g/mol. The molecule has 0 saturated heterocycles. The fourth-order valence-corrected chi connectivity index (χ4v) is 7.40. The SMILES string of the molecule is Cc1ccc(NC2=CCC(Nc3ccc(C)cc3)(OCCCCCCCCCCCCOC3(Nc4ccc(C)cc4)C=CC(Nc4ccc(C)cc4)=CC3)C=C2)cc1. The van der Waals surface area contributed by atoms with Gasteiger partial charge in [-0.2, -0.15) is 0 Å². The predicted octanol–water partition coefficient (Wildman–Crippen LogP) is 13.7. The van der Waals surface area contributed by atoms with Crippen molar-refractivity contribution in [2.24, 2.45) is 0 Å². The lowest BCUT2D eigenvalue weighted by Crippen LogP contribution is -2.40. The van der Waals surface area contributed by atoms with Crippen molar-refractivity contribution in [1.82, 2.24) is 0 Å². The molecule has 4 aromatic rings. The molecular formula is C52H66N4O2. The summed E-state index contributed by atoms with van der Waals surface area (Å²) < 4.78 is 13.3. The lowest BCUT2D eigenvalue weighted by Gasteiger charge is -2.34. The second kappa shape index (κ2) is 21.6. The molecule has 0 amide bonds. The standard InChI is InChI=1S/C52H66N4O2/c1-41-15-23-45(24-16-41)53-47-31-35-51(36-32-47,55-49-27-19-43(3)20-28-49)57-39-13-11-9-7-5-6-8-10-12-14-40-58-52(56-50-29-21-44(4)22-30-50)37-33-48(34-38-52)54-46-25-17-42(2)18-26-46/h15-35,37,53-56H,5-14,36,38-40H2,1-4H3. The van der Waals surface area contributed by atoms with Gasteiger partial charge in [-0.15, -0.1) is 0 Å². The Labute approximate surface area is 348 Å². The van der Waals surface area contributed by atoms with E-state index in [0.29, 0.717) is 0 Å². The van der Waals surface area contributed by atoms with E-state index in [1.165, 1.54) is 73.6 Å². The van der Waals surface area contributed by atoms with Gasteiger partial charge < -0.3 is 30.7 Å². The van der Waals surface area contributed by atoms with E-state index in [2.05, 4.69) is 182 Å². The third-order valence-electron chi connectivity index (χ3n) is 11.1. The Hall–Kier alpha value is -5.04. The molecule has 0 aromatic heterocycles. The van der Waals surface area contributed by atoms with Crippen molar-refractivity contribution >= 4 is 22.7 Å². The maximum Gasteiger partial charge on any atom is 0.161 e. The van der Waals surface area contributed by atoms with Crippen LogP contribution in [-0.4, -0.2) is 24.7 Å². The van der Waals surface area contributed by atoms with Crippen LogP contribution in [0.3, 0.4) is 0 Å². The number of hydrogen-bond donors (Lipinski definition) is 4. The molecule has 4 N–H and O–H groups in total. The number of rotatable bonds is 23. The molecular weight excluding hydrogens is 713 g/mol. The molecule has 4 aromatic carbocycles. The smallest absolute Gasteiger partial charge is 0.161 e. The van der Waals surface area contributed by atoms with Crippen LogP contribution in [-0.2, 0) is 9.47 Å². The number of benzene rings is 4. The zero-order valence-electron chi connectivity index (χ0n) is 35.4. The average molecular weight is 779 g/mol. The lowest BCUT2D eigenvalue weighted by atomic mass is 10.0. The molecule has 6 nitrogen and oxygen atoms in total. The van der Waals surface area contributed by atoms with E-state index >= 15 is 0 Å². The Balaban J connectivity index is 0.849. The summed E-state index contributed by atoms with van der Waals surface area (Å²) in [5, 5.41) is 14.5. The molecule has 0 heterocycles. The molecule has 6 rings (SSSR count). The van der Waals surface area contributed by atoms with Crippen LogP contribution >= 0.6 is 0 Å². The predicted molar refractivity (Wildman–Crippen MR) is 246 cm³/mol. The van der Waals surface area contributed by atoms with Gasteiger partial charge in [-0.25, -0.2) is 0 Å². The molecule has 2 aliphatic carbocycles. The summed E-state index contributed by atoms with van der Waals surface area (Å²) in [5.74, 6) is 0. The second-order valence-corrected chi connectivity index (χ2v) is 16.4. The molecule has 2 aliphatic rings. The molecule has 0 saturated carbocycles.